The summed E-state index contributed by atoms with van der Waals surface area (Å²) in [5.41, 5.74) is 0.947. The van der Waals surface area contributed by atoms with Crippen LogP contribution in [0.4, 0.5) is 0 Å². The topological polar surface area (TPSA) is 17.3 Å². The summed E-state index contributed by atoms with van der Waals surface area (Å²) in [6.07, 6.45) is 11.7. The number of aromatic nitrogens is 2. The predicted molar refractivity (Wildman–Crippen MR) is 72.9 cm³/mol. The monoisotopic (exact) mass is 220 g/mol. The van der Waals surface area contributed by atoms with Crippen LogP contribution in [0.3, 0.4) is 0 Å². The first-order valence-corrected chi connectivity index (χ1v) is 5.14. The highest BCUT2D eigenvalue weighted by Crippen LogP contribution is 2.12. The van der Waals surface area contributed by atoms with E-state index in [1.807, 2.05) is 22.7 Å². The van der Waals surface area contributed by atoms with Crippen LogP contribution in [-0.2, 0) is 0 Å². The molecule has 82 valence electrons. The van der Waals surface area contributed by atoms with Crippen LogP contribution in [0, 0.1) is 12.8 Å². The molecule has 3 rings (SSSR count). The van der Waals surface area contributed by atoms with Crippen LogP contribution >= 0.6 is 0 Å². The highest BCUT2D eigenvalue weighted by molar-refractivity contribution is 5.94. The highest BCUT2D eigenvalue weighted by Gasteiger charge is 2.02. The minimum atomic E-state index is 0.904. The average molecular weight is 220 g/mol. The van der Waals surface area contributed by atoms with E-state index in [1.54, 1.807) is 6.20 Å². The lowest BCUT2D eigenvalue weighted by Crippen LogP contribution is -2.29. The standard InChI is InChI=1S/C13H10N2.C2H2/c1-9-10(2)15-8-7-14-13(15)12-6-4-3-5-11(9)12;1-2/h3-8H,1-2H2;1-2H. The van der Waals surface area contributed by atoms with Crippen molar-refractivity contribution >= 4 is 29.6 Å². The quantitative estimate of drug-likeness (QED) is 0.525. The van der Waals surface area contributed by atoms with E-state index in [2.05, 4.69) is 43.1 Å². The SMILES string of the molecule is C#C.C=c1c(=C)n2ccnc2c2ccccc12. The van der Waals surface area contributed by atoms with Crippen LogP contribution in [0.25, 0.3) is 29.6 Å². The Balaban J connectivity index is 0.000000514. The Morgan fingerprint density at radius 2 is 1.71 bits per heavy atom. The van der Waals surface area contributed by atoms with Gasteiger partial charge in [0.1, 0.15) is 5.65 Å². The third kappa shape index (κ3) is 1.49. The number of benzene rings is 1. The van der Waals surface area contributed by atoms with Gasteiger partial charge < -0.3 is 0 Å². The average Bonchev–Trinajstić information content (AvgIpc) is 2.88. The van der Waals surface area contributed by atoms with Crippen molar-refractivity contribution in [1.82, 2.24) is 9.38 Å². The van der Waals surface area contributed by atoms with Crippen molar-refractivity contribution in [3.05, 3.63) is 47.2 Å². The van der Waals surface area contributed by atoms with Crippen molar-refractivity contribution in [2.24, 2.45) is 0 Å². The Hall–Kier alpha value is -2.53. The molecule has 0 radical (unpaired) electrons. The number of imidazole rings is 1. The lowest BCUT2D eigenvalue weighted by atomic mass is 10.1. The Kier molecular flexibility index (Phi) is 2.68. The Morgan fingerprint density at radius 3 is 2.41 bits per heavy atom. The van der Waals surface area contributed by atoms with Crippen molar-refractivity contribution in [3.8, 4) is 12.8 Å². The maximum Gasteiger partial charge on any atom is 0.145 e. The Morgan fingerprint density at radius 1 is 1.06 bits per heavy atom. The minimum Gasteiger partial charge on any atom is -0.300 e. The fourth-order valence-electron chi connectivity index (χ4n) is 1.96. The molecular weight excluding hydrogens is 208 g/mol. The van der Waals surface area contributed by atoms with Gasteiger partial charge >= 0.3 is 0 Å². The molecule has 2 nitrogen and oxygen atoms in total. The van der Waals surface area contributed by atoms with Crippen molar-refractivity contribution in [3.63, 3.8) is 0 Å². The van der Waals surface area contributed by atoms with Gasteiger partial charge in [-0.15, -0.1) is 12.8 Å². The van der Waals surface area contributed by atoms with Gasteiger partial charge in [0.05, 0.1) is 0 Å². The summed E-state index contributed by atoms with van der Waals surface area (Å²) >= 11 is 0. The molecule has 0 saturated carbocycles. The highest BCUT2D eigenvalue weighted by atomic mass is 15.0. The molecule has 0 atom stereocenters. The summed E-state index contributed by atoms with van der Waals surface area (Å²) in [5.74, 6) is 0. The summed E-state index contributed by atoms with van der Waals surface area (Å²) in [5, 5.41) is 4.12. The first-order chi connectivity index (χ1) is 8.29. The van der Waals surface area contributed by atoms with Crippen molar-refractivity contribution in [1.29, 1.82) is 0 Å². The lowest BCUT2D eigenvalue weighted by molar-refractivity contribution is 1.13. The van der Waals surface area contributed by atoms with Gasteiger partial charge in [0, 0.05) is 23.1 Å². The normalized spacial score (nSPS) is 10.0. The zero-order valence-electron chi connectivity index (χ0n) is 9.43. The molecule has 2 aromatic heterocycles. The van der Waals surface area contributed by atoms with Crippen molar-refractivity contribution < 1.29 is 0 Å². The fourth-order valence-corrected chi connectivity index (χ4v) is 1.96. The van der Waals surface area contributed by atoms with Crippen molar-refractivity contribution in [2.45, 2.75) is 0 Å². The third-order valence-electron chi connectivity index (χ3n) is 2.77. The zero-order valence-corrected chi connectivity index (χ0v) is 9.43. The van der Waals surface area contributed by atoms with E-state index in [0.717, 1.165) is 27.0 Å². The third-order valence-corrected chi connectivity index (χ3v) is 2.77. The van der Waals surface area contributed by atoms with Crippen molar-refractivity contribution in [2.75, 3.05) is 0 Å². The van der Waals surface area contributed by atoms with Crippen LogP contribution in [-0.4, -0.2) is 9.38 Å². The van der Waals surface area contributed by atoms with Gasteiger partial charge in [-0.25, -0.2) is 4.98 Å². The molecule has 0 spiro atoms. The molecule has 0 N–H and O–H groups in total. The number of terminal acetylenes is 1. The molecule has 2 heterocycles. The second kappa shape index (κ2) is 4.15. The number of pyridine rings is 1. The van der Waals surface area contributed by atoms with E-state index < -0.39 is 0 Å². The summed E-state index contributed by atoms with van der Waals surface area (Å²) in [7, 11) is 0. The maximum atomic E-state index is 4.34. The van der Waals surface area contributed by atoms with Gasteiger partial charge in [-0.05, 0) is 10.6 Å². The Labute approximate surface area is 99.5 Å². The Bertz CT molecular complexity index is 794. The number of nitrogens with zero attached hydrogens (tertiary/aromatic N) is 2. The molecule has 17 heavy (non-hydrogen) atoms. The van der Waals surface area contributed by atoms with E-state index in [0.29, 0.717) is 0 Å². The van der Waals surface area contributed by atoms with Gasteiger partial charge in [0.25, 0.3) is 0 Å². The van der Waals surface area contributed by atoms with Gasteiger partial charge in [-0.1, -0.05) is 37.4 Å². The summed E-state index contributed by atoms with van der Waals surface area (Å²) in [6, 6.07) is 8.14. The van der Waals surface area contributed by atoms with Crippen LogP contribution in [0.2, 0.25) is 0 Å². The second-order valence-corrected chi connectivity index (χ2v) is 3.59. The first-order valence-electron chi connectivity index (χ1n) is 5.14. The van der Waals surface area contributed by atoms with E-state index in [1.165, 1.54) is 0 Å². The van der Waals surface area contributed by atoms with Crippen LogP contribution in [0.1, 0.15) is 0 Å². The molecule has 0 aliphatic heterocycles. The first kappa shape index (κ1) is 11.0. The molecule has 0 unspecified atom stereocenters. The largest absolute Gasteiger partial charge is 0.300 e. The van der Waals surface area contributed by atoms with E-state index in [-0.39, 0.29) is 0 Å². The number of rotatable bonds is 0. The van der Waals surface area contributed by atoms with Crippen LogP contribution < -0.4 is 10.6 Å². The van der Waals surface area contributed by atoms with Gasteiger partial charge in [0.2, 0.25) is 0 Å². The molecule has 0 aliphatic rings. The van der Waals surface area contributed by atoms with Gasteiger partial charge in [-0.3, -0.25) is 4.40 Å². The van der Waals surface area contributed by atoms with Gasteiger partial charge in [-0.2, -0.15) is 0 Å². The maximum absolute atomic E-state index is 4.34. The van der Waals surface area contributed by atoms with Crippen LogP contribution in [0.5, 0.6) is 0 Å². The number of fused-ring (bicyclic) bond motifs is 3. The smallest absolute Gasteiger partial charge is 0.145 e. The summed E-state index contributed by atoms with van der Waals surface area (Å²) < 4.78 is 1.98. The van der Waals surface area contributed by atoms with Gasteiger partial charge in [0.15, 0.2) is 0 Å². The predicted octanol–water partition coefficient (Wildman–Crippen LogP) is 1.56. The molecule has 0 aliphatic carbocycles. The summed E-state index contributed by atoms with van der Waals surface area (Å²) in [4.78, 5) is 4.34. The number of hydrogen-bond donors (Lipinski definition) is 0. The molecular formula is C15H12N2. The van der Waals surface area contributed by atoms with E-state index in [4.69, 9.17) is 0 Å². The molecule has 0 fully saturated rings. The molecule has 0 saturated heterocycles. The molecule has 2 heteroatoms. The zero-order chi connectivity index (χ0) is 12.4. The second-order valence-electron chi connectivity index (χ2n) is 3.59. The minimum absolute atomic E-state index is 0.904. The molecule has 0 bridgehead atoms. The number of hydrogen-bond acceptors (Lipinski definition) is 1. The fraction of sp³-hybridized carbons (Fsp3) is 0. The van der Waals surface area contributed by atoms with E-state index in [9.17, 15) is 0 Å². The molecule has 0 amide bonds. The molecule has 3 aromatic rings. The summed E-state index contributed by atoms with van der Waals surface area (Å²) in [6.45, 7) is 8.10. The molecule has 1 aromatic carbocycles. The van der Waals surface area contributed by atoms with E-state index >= 15 is 0 Å². The lowest BCUT2D eigenvalue weighted by Gasteiger charge is -2.02. The van der Waals surface area contributed by atoms with Crippen LogP contribution in [0.15, 0.2) is 36.7 Å².